The van der Waals surface area contributed by atoms with Gasteiger partial charge in [-0.1, -0.05) is 60.7 Å². The molecular weight excluding hydrogens is 354 g/mol. The zero-order valence-electron chi connectivity index (χ0n) is 15.5. The molecule has 1 fully saturated rings. The van der Waals surface area contributed by atoms with Crippen molar-refractivity contribution in [1.82, 2.24) is 4.90 Å². The Morgan fingerprint density at radius 2 is 1.70 bits per heavy atom. The maximum atomic E-state index is 12.8. The maximum absolute atomic E-state index is 12.8. The van der Waals surface area contributed by atoms with Crippen LogP contribution in [0.25, 0.3) is 11.1 Å². The number of carbonyl (C=O) groups is 1. The molecule has 3 atom stereocenters. The van der Waals surface area contributed by atoms with Crippen LogP contribution in [0.1, 0.15) is 27.3 Å². The Bertz CT molecular complexity index is 936. The molecule has 3 unspecified atom stereocenters. The van der Waals surface area contributed by atoms with Gasteiger partial charge in [-0.05, 0) is 29.7 Å². The quantitative estimate of drug-likeness (QED) is 0.720. The highest BCUT2D eigenvalue weighted by Gasteiger charge is 2.44. The zero-order chi connectivity index (χ0) is 19.0. The molecule has 0 bridgehead atoms. The average Bonchev–Trinajstić information content (AvgIpc) is 3.23. The van der Waals surface area contributed by atoms with E-state index in [2.05, 4.69) is 19.1 Å². The summed E-state index contributed by atoms with van der Waals surface area (Å²) in [7, 11) is 1.82. The van der Waals surface area contributed by atoms with E-state index in [1.165, 1.54) is 0 Å². The van der Waals surface area contributed by atoms with Gasteiger partial charge in [-0.3, -0.25) is 4.79 Å². The number of nitrogens with zero attached hydrogens (tertiary/aromatic N) is 1. The van der Waals surface area contributed by atoms with Crippen LogP contribution in [0.3, 0.4) is 0 Å². The fourth-order valence-electron chi connectivity index (χ4n) is 4.03. The van der Waals surface area contributed by atoms with E-state index in [9.17, 15) is 9.90 Å². The lowest BCUT2D eigenvalue weighted by atomic mass is 9.84. The molecular formula is C23H23NO2S. The normalized spacial score (nSPS) is 20.9. The van der Waals surface area contributed by atoms with Crippen LogP contribution in [-0.4, -0.2) is 29.5 Å². The van der Waals surface area contributed by atoms with Crippen molar-refractivity contribution in [2.45, 2.75) is 18.9 Å². The first-order valence-electron chi connectivity index (χ1n) is 9.20. The van der Waals surface area contributed by atoms with Crippen molar-refractivity contribution in [2.75, 3.05) is 13.6 Å². The zero-order valence-corrected chi connectivity index (χ0v) is 16.3. The molecule has 4 heteroatoms. The molecule has 1 saturated heterocycles. The van der Waals surface area contributed by atoms with E-state index < -0.39 is 12.0 Å². The fraction of sp³-hybridized carbons (Fsp3) is 0.261. The van der Waals surface area contributed by atoms with Crippen molar-refractivity contribution < 1.29 is 9.90 Å². The third-order valence-electron chi connectivity index (χ3n) is 5.45. The Hall–Kier alpha value is -2.43. The van der Waals surface area contributed by atoms with E-state index in [1.807, 2.05) is 61.6 Å². The second-order valence-corrected chi connectivity index (χ2v) is 8.48. The van der Waals surface area contributed by atoms with Crippen LogP contribution < -0.4 is 0 Å². The summed E-state index contributed by atoms with van der Waals surface area (Å²) < 4.78 is 0. The average molecular weight is 378 g/mol. The lowest BCUT2D eigenvalue weighted by molar-refractivity contribution is -0.133. The van der Waals surface area contributed by atoms with Crippen molar-refractivity contribution in [1.29, 1.82) is 0 Å². The molecule has 1 amide bonds. The summed E-state index contributed by atoms with van der Waals surface area (Å²) in [6, 6.07) is 22.3. The number of rotatable bonds is 4. The van der Waals surface area contributed by atoms with E-state index in [4.69, 9.17) is 0 Å². The number of amides is 1. The first-order valence-corrected chi connectivity index (χ1v) is 10.0. The Morgan fingerprint density at radius 3 is 2.37 bits per heavy atom. The maximum Gasteiger partial charge on any atom is 0.229 e. The van der Waals surface area contributed by atoms with Crippen molar-refractivity contribution in [3.05, 3.63) is 82.0 Å². The standard InChI is InChI=1S/C23H23NO2S/c1-15-18(16-9-5-3-6-10-16)13-20(27-15)22(25)21-19(14-24(2)23(21)26)17-11-7-4-8-12-17/h3-13,19,21-22,25H,14H2,1-2H3. The summed E-state index contributed by atoms with van der Waals surface area (Å²) >= 11 is 1.58. The van der Waals surface area contributed by atoms with Gasteiger partial charge in [0.1, 0.15) is 6.10 Å². The predicted octanol–water partition coefficient (Wildman–Crippen LogP) is 4.63. The van der Waals surface area contributed by atoms with Gasteiger partial charge in [0.05, 0.1) is 5.92 Å². The molecule has 1 aliphatic heterocycles. The van der Waals surface area contributed by atoms with Gasteiger partial charge in [-0.2, -0.15) is 0 Å². The molecule has 2 aromatic carbocycles. The Morgan fingerprint density at radius 1 is 1.07 bits per heavy atom. The molecule has 1 aromatic heterocycles. The predicted molar refractivity (Wildman–Crippen MR) is 110 cm³/mol. The van der Waals surface area contributed by atoms with E-state index in [1.54, 1.807) is 16.2 Å². The van der Waals surface area contributed by atoms with E-state index >= 15 is 0 Å². The van der Waals surface area contributed by atoms with Gasteiger partial charge >= 0.3 is 0 Å². The SMILES string of the molecule is Cc1sc(C(O)C2C(=O)N(C)CC2c2ccccc2)cc1-c1ccccc1. The number of thiophene rings is 1. The van der Waals surface area contributed by atoms with Crippen molar-refractivity contribution in [2.24, 2.45) is 5.92 Å². The largest absolute Gasteiger partial charge is 0.387 e. The number of hydrogen-bond donors (Lipinski definition) is 1. The van der Waals surface area contributed by atoms with E-state index in [0.29, 0.717) is 6.54 Å². The Kier molecular flexibility index (Phi) is 4.85. The molecule has 0 aliphatic carbocycles. The van der Waals surface area contributed by atoms with Gasteiger partial charge in [0.15, 0.2) is 0 Å². The first-order chi connectivity index (χ1) is 13.1. The second-order valence-electron chi connectivity index (χ2n) is 7.19. The lowest BCUT2D eigenvalue weighted by Gasteiger charge is -2.21. The van der Waals surface area contributed by atoms with Crippen LogP contribution in [0.15, 0.2) is 66.7 Å². The molecule has 3 nitrogen and oxygen atoms in total. The molecule has 1 N–H and O–H groups in total. The second kappa shape index (κ2) is 7.29. The van der Waals surface area contributed by atoms with Crippen LogP contribution in [-0.2, 0) is 4.79 Å². The van der Waals surface area contributed by atoms with Crippen LogP contribution in [0, 0.1) is 12.8 Å². The van der Waals surface area contributed by atoms with Crippen LogP contribution in [0.4, 0.5) is 0 Å². The molecule has 0 spiro atoms. The van der Waals surface area contributed by atoms with Gasteiger partial charge < -0.3 is 10.0 Å². The van der Waals surface area contributed by atoms with Crippen LogP contribution >= 0.6 is 11.3 Å². The molecule has 4 rings (SSSR count). The number of likely N-dealkylation sites (N-methyl/N-ethyl adjacent to an activating group) is 1. The summed E-state index contributed by atoms with van der Waals surface area (Å²) in [6.07, 6.45) is -0.797. The number of benzene rings is 2. The number of hydrogen-bond acceptors (Lipinski definition) is 3. The lowest BCUT2D eigenvalue weighted by Crippen LogP contribution is -2.26. The molecule has 1 aliphatic rings. The highest BCUT2D eigenvalue weighted by Crippen LogP contribution is 2.44. The van der Waals surface area contributed by atoms with Gasteiger partial charge in [0, 0.05) is 29.3 Å². The van der Waals surface area contributed by atoms with Crippen LogP contribution in [0.2, 0.25) is 0 Å². The number of likely N-dealkylation sites (tertiary alicyclic amines) is 1. The monoisotopic (exact) mass is 377 g/mol. The first kappa shape index (κ1) is 18.0. The fourth-order valence-corrected chi connectivity index (χ4v) is 5.11. The van der Waals surface area contributed by atoms with Gasteiger partial charge in [0.25, 0.3) is 0 Å². The van der Waals surface area contributed by atoms with Gasteiger partial charge in [-0.15, -0.1) is 11.3 Å². The number of aryl methyl sites for hydroxylation is 1. The van der Waals surface area contributed by atoms with Gasteiger partial charge in [0.2, 0.25) is 5.91 Å². The highest BCUT2D eigenvalue weighted by molar-refractivity contribution is 7.12. The number of carbonyl (C=O) groups excluding carboxylic acids is 1. The molecule has 2 heterocycles. The molecule has 27 heavy (non-hydrogen) atoms. The minimum atomic E-state index is -0.797. The molecule has 0 saturated carbocycles. The summed E-state index contributed by atoms with van der Waals surface area (Å²) in [4.78, 5) is 16.6. The minimum absolute atomic E-state index is 0.00119. The van der Waals surface area contributed by atoms with Gasteiger partial charge in [-0.25, -0.2) is 0 Å². The van der Waals surface area contributed by atoms with Crippen molar-refractivity contribution in [3.63, 3.8) is 0 Å². The third-order valence-corrected chi connectivity index (χ3v) is 6.57. The number of aliphatic hydroxyl groups excluding tert-OH is 1. The summed E-state index contributed by atoms with van der Waals surface area (Å²) in [5.41, 5.74) is 3.37. The Balaban J connectivity index is 1.69. The minimum Gasteiger partial charge on any atom is -0.387 e. The third kappa shape index (κ3) is 3.31. The van der Waals surface area contributed by atoms with E-state index in [0.717, 1.165) is 26.4 Å². The van der Waals surface area contributed by atoms with E-state index in [-0.39, 0.29) is 11.8 Å². The summed E-state index contributed by atoms with van der Waals surface area (Å²) in [6.45, 7) is 2.71. The molecule has 138 valence electrons. The Labute approximate surface area is 163 Å². The smallest absolute Gasteiger partial charge is 0.229 e. The molecule has 0 radical (unpaired) electrons. The highest BCUT2D eigenvalue weighted by atomic mass is 32.1. The van der Waals surface area contributed by atoms with Crippen molar-refractivity contribution in [3.8, 4) is 11.1 Å². The topological polar surface area (TPSA) is 40.5 Å². The van der Waals surface area contributed by atoms with Crippen LogP contribution in [0.5, 0.6) is 0 Å². The summed E-state index contributed by atoms with van der Waals surface area (Å²) in [5, 5.41) is 11.2. The van der Waals surface area contributed by atoms with Crippen molar-refractivity contribution >= 4 is 17.2 Å². The number of aliphatic hydroxyl groups is 1. The summed E-state index contributed by atoms with van der Waals surface area (Å²) in [5.74, 6) is -0.427. The molecule has 3 aromatic rings.